The molecule has 3 aromatic rings. The number of nitrogens with zero attached hydrogens (tertiary/aromatic N) is 4. The smallest absolute Gasteiger partial charge is 0.364 e. The van der Waals surface area contributed by atoms with Gasteiger partial charge in [-0.25, -0.2) is 9.50 Å². The highest BCUT2D eigenvalue weighted by Gasteiger charge is 2.29. The highest BCUT2D eigenvalue weighted by Crippen LogP contribution is 2.37. The van der Waals surface area contributed by atoms with E-state index in [1.165, 1.54) is 17.0 Å². The number of nitrogens with one attached hydrogen (secondary N) is 2. The number of hydrogen-bond donors (Lipinski definition) is 2. The van der Waals surface area contributed by atoms with E-state index >= 15 is 0 Å². The lowest BCUT2D eigenvalue weighted by molar-refractivity contribution is -0.144. The van der Waals surface area contributed by atoms with Crippen molar-refractivity contribution in [3.8, 4) is 0 Å². The van der Waals surface area contributed by atoms with Gasteiger partial charge in [0.05, 0.1) is 36.7 Å². The lowest BCUT2D eigenvalue weighted by Crippen LogP contribution is -2.25. The molecule has 3 heterocycles. The van der Waals surface area contributed by atoms with Crippen LogP contribution in [0, 0.1) is 0 Å². The summed E-state index contributed by atoms with van der Waals surface area (Å²) >= 11 is 0. The van der Waals surface area contributed by atoms with Gasteiger partial charge in [-0.2, -0.15) is 18.3 Å². The number of hydrogen-bond acceptors (Lipinski definition) is 6. The van der Waals surface area contributed by atoms with Crippen LogP contribution in [0.1, 0.15) is 65.3 Å². The Morgan fingerprint density at radius 3 is 2.75 bits per heavy atom. The zero-order valence-corrected chi connectivity index (χ0v) is 17.0. The summed E-state index contributed by atoms with van der Waals surface area (Å²) in [7, 11) is 0. The molecule has 0 spiro atoms. The van der Waals surface area contributed by atoms with E-state index in [4.69, 9.17) is 4.52 Å². The van der Waals surface area contributed by atoms with Gasteiger partial charge in [0.25, 0.3) is 5.91 Å². The maximum atomic E-state index is 12.5. The molecule has 3 aromatic heterocycles. The minimum atomic E-state index is -4.37. The highest BCUT2D eigenvalue weighted by molar-refractivity contribution is 5.95. The lowest BCUT2D eigenvalue weighted by atomic mass is 9.81. The largest absolute Gasteiger partial charge is 0.389 e. The third kappa shape index (κ3) is 5.24. The average Bonchev–Trinajstić information content (AvgIpc) is 3.33. The summed E-state index contributed by atoms with van der Waals surface area (Å²) in [4.78, 5) is 28.5. The van der Waals surface area contributed by atoms with Crippen molar-refractivity contribution in [2.45, 2.75) is 57.3 Å². The third-order valence-electron chi connectivity index (χ3n) is 5.32. The van der Waals surface area contributed by atoms with Gasteiger partial charge in [0.1, 0.15) is 11.8 Å². The lowest BCUT2D eigenvalue weighted by Gasteiger charge is -2.23. The van der Waals surface area contributed by atoms with Gasteiger partial charge in [0.15, 0.2) is 5.65 Å². The minimum absolute atomic E-state index is 0.0382. The topological polar surface area (TPSA) is 114 Å². The van der Waals surface area contributed by atoms with Crippen molar-refractivity contribution in [1.29, 1.82) is 0 Å². The van der Waals surface area contributed by atoms with E-state index in [1.807, 2.05) is 0 Å². The summed E-state index contributed by atoms with van der Waals surface area (Å²) in [5.74, 6) is -0.717. The Hall–Kier alpha value is -3.44. The average molecular weight is 450 g/mol. The van der Waals surface area contributed by atoms with Crippen molar-refractivity contribution >= 4 is 17.5 Å². The van der Waals surface area contributed by atoms with Gasteiger partial charge < -0.3 is 15.2 Å². The third-order valence-corrected chi connectivity index (χ3v) is 5.32. The van der Waals surface area contributed by atoms with Crippen LogP contribution in [-0.2, 0) is 17.9 Å². The van der Waals surface area contributed by atoms with Gasteiger partial charge >= 0.3 is 6.18 Å². The maximum Gasteiger partial charge on any atom is 0.389 e. The van der Waals surface area contributed by atoms with Crippen molar-refractivity contribution in [1.82, 2.24) is 30.4 Å². The predicted octanol–water partition coefficient (Wildman–Crippen LogP) is 2.87. The quantitative estimate of drug-likeness (QED) is 0.546. The van der Waals surface area contributed by atoms with Crippen molar-refractivity contribution in [2.75, 3.05) is 0 Å². The van der Waals surface area contributed by atoms with Crippen LogP contribution in [0.5, 0.6) is 0 Å². The summed E-state index contributed by atoms with van der Waals surface area (Å²) in [6.45, 7) is 0.206. The standard InChI is InChI=1S/C20H21F3N6O3/c21-20(22,23)5-4-17(30)24-7-12-6-16-27-14(10-29(16)26-8-12)9-25-19(31)15-11-32-28-18(15)13-2-1-3-13/h6,8,10-11,13H,1-5,7,9H2,(H,24,30)(H,25,31). The first-order chi connectivity index (χ1) is 15.3. The minimum Gasteiger partial charge on any atom is -0.364 e. The van der Waals surface area contributed by atoms with Crippen molar-refractivity contribution in [2.24, 2.45) is 0 Å². The number of aromatic nitrogens is 4. The molecule has 1 aliphatic rings. The molecular weight excluding hydrogens is 429 g/mol. The number of rotatable bonds is 8. The molecule has 4 rings (SSSR count). The molecule has 0 atom stereocenters. The molecule has 12 heteroatoms. The molecule has 0 saturated heterocycles. The first kappa shape index (κ1) is 21.8. The molecule has 0 bridgehead atoms. The second-order valence-electron chi connectivity index (χ2n) is 7.71. The fourth-order valence-electron chi connectivity index (χ4n) is 3.35. The summed E-state index contributed by atoms with van der Waals surface area (Å²) in [6.07, 6.45) is 1.45. The Bertz CT molecular complexity index is 1120. The first-order valence-electron chi connectivity index (χ1n) is 10.2. The molecule has 0 radical (unpaired) electrons. The van der Waals surface area contributed by atoms with Crippen LogP contribution < -0.4 is 10.6 Å². The molecule has 0 unspecified atom stereocenters. The number of amides is 2. The molecule has 0 aliphatic heterocycles. The van der Waals surface area contributed by atoms with Crippen LogP contribution in [-0.4, -0.2) is 37.7 Å². The molecule has 2 N–H and O–H groups in total. The molecule has 0 aromatic carbocycles. The number of halogens is 3. The Kier molecular flexibility index (Phi) is 6.10. The molecule has 9 nitrogen and oxygen atoms in total. The summed E-state index contributed by atoms with van der Waals surface area (Å²) < 4.78 is 43.1. The van der Waals surface area contributed by atoms with Gasteiger partial charge in [-0.3, -0.25) is 9.59 Å². The summed E-state index contributed by atoms with van der Waals surface area (Å²) in [6, 6.07) is 1.66. The van der Waals surface area contributed by atoms with Gasteiger partial charge in [0.2, 0.25) is 5.91 Å². The van der Waals surface area contributed by atoms with Crippen LogP contribution in [0.3, 0.4) is 0 Å². The van der Waals surface area contributed by atoms with Gasteiger partial charge in [-0.05, 0) is 24.5 Å². The van der Waals surface area contributed by atoms with Crippen LogP contribution >= 0.6 is 0 Å². The van der Waals surface area contributed by atoms with Crippen LogP contribution in [0.25, 0.3) is 5.65 Å². The Labute approximate surface area is 180 Å². The number of alkyl halides is 3. The van der Waals surface area contributed by atoms with E-state index in [1.54, 1.807) is 12.3 Å². The molecule has 2 amide bonds. The van der Waals surface area contributed by atoms with E-state index in [0.717, 1.165) is 19.3 Å². The van der Waals surface area contributed by atoms with E-state index in [0.29, 0.717) is 28.2 Å². The number of carbonyl (C=O) groups excluding carboxylic acids is 2. The van der Waals surface area contributed by atoms with E-state index in [-0.39, 0.29) is 24.9 Å². The monoisotopic (exact) mass is 450 g/mol. The Morgan fingerprint density at radius 2 is 2.03 bits per heavy atom. The van der Waals surface area contributed by atoms with Gasteiger partial charge in [0, 0.05) is 18.9 Å². The molecule has 32 heavy (non-hydrogen) atoms. The van der Waals surface area contributed by atoms with E-state index in [9.17, 15) is 22.8 Å². The second-order valence-corrected chi connectivity index (χ2v) is 7.71. The van der Waals surface area contributed by atoms with Crippen molar-refractivity contribution in [3.63, 3.8) is 0 Å². The van der Waals surface area contributed by atoms with Crippen molar-refractivity contribution in [3.05, 3.63) is 47.2 Å². The fraction of sp³-hybridized carbons (Fsp3) is 0.450. The molecular formula is C20H21F3N6O3. The van der Waals surface area contributed by atoms with Crippen LogP contribution in [0.4, 0.5) is 13.2 Å². The SMILES string of the molecule is O=C(CCC(F)(F)F)NCc1cnn2cc(CNC(=O)c3conc3C3CCC3)nc2c1. The molecule has 1 saturated carbocycles. The van der Waals surface area contributed by atoms with Crippen LogP contribution in [0.2, 0.25) is 0 Å². The van der Waals surface area contributed by atoms with Crippen molar-refractivity contribution < 1.29 is 27.3 Å². The predicted molar refractivity (Wildman–Crippen MR) is 104 cm³/mol. The zero-order chi connectivity index (χ0) is 22.7. The maximum absolute atomic E-state index is 12.5. The van der Waals surface area contributed by atoms with E-state index < -0.39 is 24.9 Å². The molecule has 170 valence electrons. The summed E-state index contributed by atoms with van der Waals surface area (Å²) in [5.41, 5.74) is 2.76. The Morgan fingerprint density at radius 1 is 1.22 bits per heavy atom. The highest BCUT2D eigenvalue weighted by atomic mass is 19.4. The Balaban J connectivity index is 1.32. The zero-order valence-electron chi connectivity index (χ0n) is 17.0. The normalized spacial score (nSPS) is 14.3. The molecule has 1 aliphatic carbocycles. The molecule has 1 fully saturated rings. The van der Waals surface area contributed by atoms with Gasteiger partial charge in [-0.15, -0.1) is 0 Å². The summed E-state index contributed by atoms with van der Waals surface area (Å²) in [5, 5.41) is 13.4. The van der Waals surface area contributed by atoms with Gasteiger partial charge in [-0.1, -0.05) is 11.6 Å². The second kappa shape index (κ2) is 8.97. The van der Waals surface area contributed by atoms with E-state index in [2.05, 4.69) is 25.9 Å². The fourth-order valence-corrected chi connectivity index (χ4v) is 3.35. The first-order valence-corrected chi connectivity index (χ1v) is 10.2. The number of imidazole rings is 1. The van der Waals surface area contributed by atoms with Crippen LogP contribution in [0.15, 0.2) is 29.2 Å². The number of carbonyl (C=O) groups is 2. The number of fused-ring (bicyclic) bond motifs is 1.